The van der Waals surface area contributed by atoms with Crippen LogP contribution in [-0.2, 0) is 4.79 Å². The van der Waals surface area contributed by atoms with Crippen LogP contribution in [0.1, 0.15) is 64.7 Å². The highest BCUT2D eigenvalue weighted by atomic mass is 35.5. The zero-order chi connectivity index (χ0) is 17.4. The summed E-state index contributed by atoms with van der Waals surface area (Å²) < 4.78 is 0. The molecule has 0 aromatic heterocycles. The molecule has 4 fully saturated rings. The Morgan fingerprint density at radius 2 is 1.41 bits per heavy atom. The third kappa shape index (κ3) is 5.12. The Labute approximate surface area is 177 Å². The van der Waals surface area contributed by atoms with Gasteiger partial charge in [0.15, 0.2) is 0 Å². The molecule has 4 rings (SSSR count). The molecule has 4 nitrogen and oxygen atoms in total. The van der Waals surface area contributed by atoms with Crippen molar-refractivity contribution >= 4 is 30.7 Å². The first-order chi connectivity index (χ1) is 12.1. The molecule has 2 unspecified atom stereocenters. The fourth-order valence-corrected chi connectivity index (χ4v) is 6.16. The van der Waals surface area contributed by atoms with Crippen molar-refractivity contribution in [2.75, 3.05) is 26.2 Å². The predicted molar refractivity (Wildman–Crippen MR) is 116 cm³/mol. The number of fused-ring (bicyclic) bond motifs is 2. The molecule has 27 heavy (non-hydrogen) atoms. The van der Waals surface area contributed by atoms with E-state index in [1.807, 2.05) is 0 Å². The SMILES string of the molecule is CC1CCC(N2CCN(C(=O)C3CC4CCCC(C3)C4N)CC2)CC1.Cl.Cl. The molecule has 2 atom stereocenters. The maximum atomic E-state index is 13.1. The normalized spacial score (nSPS) is 39.9. The Hall–Kier alpha value is -0.0300. The van der Waals surface area contributed by atoms with Gasteiger partial charge in [0.2, 0.25) is 5.91 Å². The van der Waals surface area contributed by atoms with Gasteiger partial charge in [-0.2, -0.15) is 0 Å². The Morgan fingerprint density at radius 1 is 0.852 bits per heavy atom. The highest BCUT2D eigenvalue weighted by molar-refractivity contribution is 5.85. The lowest BCUT2D eigenvalue weighted by Crippen LogP contribution is -2.55. The first-order valence-electron chi connectivity index (χ1n) is 10.9. The van der Waals surface area contributed by atoms with Crippen molar-refractivity contribution in [2.24, 2.45) is 29.4 Å². The van der Waals surface area contributed by atoms with Gasteiger partial charge in [0.25, 0.3) is 0 Å². The van der Waals surface area contributed by atoms with E-state index in [0.717, 1.165) is 51.0 Å². The Bertz CT molecular complexity index is 462. The molecule has 2 N–H and O–H groups in total. The van der Waals surface area contributed by atoms with Crippen LogP contribution in [0.25, 0.3) is 0 Å². The largest absolute Gasteiger partial charge is 0.340 e. The van der Waals surface area contributed by atoms with Crippen LogP contribution in [-0.4, -0.2) is 54.0 Å². The summed E-state index contributed by atoms with van der Waals surface area (Å²) in [4.78, 5) is 17.9. The highest BCUT2D eigenvalue weighted by Crippen LogP contribution is 2.42. The van der Waals surface area contributed by atoms with E-state index in [0.29, 0.717) is 23.8 Å². The summed E-state index contributed by atoms with van der Waals surface area (Å²) in [6, 6.07) is 1.14. The van der Waals surface area contributed by atoms with E-state index in [1.54, 1.807) is 0 Å². The molecule has 0 aromatic rings. The van der Waals surface area contributed by atoms with Crippen LogP contribution in [0.5, 0.6) is 0 Å². The maximum Gasteiger partial charge on any atom is 0.225 e. The summed E-state index contributed by atoms with van der Waals surface area (Å²) in [7, 11) is 0. The standard InChI is InChI=1S/C21H37N3O.2ClH/c1-15-5-7-19(8-6-15)23-9-11-24(12-10-23)21(25)18-13-16-3-2-4-17(14-18)20(16)22;;/h15-20H,2-14,22H2,1H3;2*1H. The van der Waals surface area contributed by atoms with Gasteiger partial charge in [-0.15, -0.1) is 24.8 Å². The van der Waals surface area contributed by atoms with Crippen LogP contribution in [0.15, 0.2) is 0 Å². The molecule has 0 radical (unpaired) electrons. The fourth-order valence-electron chi connectivity index (χ4n) is 6.16. The number of amides is 1. The predicted octanol–water partition coefficient (Wildman–Crippen LogP) is 3.71. The second-order valence-electron chi connectivity index (χ2n) is 9.47. The maximum absolute atomic E-state index is 13.1. The first-order valence-corrected chi connectivity index (χ1v) is 10.9. The summed E-state index contributed by atoms with van der Waals surface area (Å²) in [6.45, 7) is 6.46. The number of piperazine rings is 1. The van der Waals surface area contributed by atoms with E-state index in [1.165, 1.54) is 44.9 Å². The number of halogens is 2. The highest BCUT2D eigenvalue weighted by Gasteiger charge is 2.42. The smallest absolute Gasteiger partial charge is 0.225 e. The van der Waals surface area contributed by atoms with Gasteiger partial charge in [0, 0.05) is 44.2 Å². The summed E-state index contributed by atoms with van der Waals surface area (Å²) in [5.41, 5.74) is 6.40. The second kappa shape index (κ2) is 10.1. The average molecular weight is 420 g/mol. The third-order valence-electron chi connectivity index (χ3n) is 7.89. The van der Waals surface area contributed by atoms with Crippen LogP contribution in [0.4, 0.5) is 0 Å². The Balaban J connectivity index is 0.00000131. The lowest BCUT2D eigenvalue weighted by molar-refractivity contribution is -0.140. The van der Waals surface area contributed by atoms with Crippen molar-refractivity contribution in [3.63, 3.8) is 0 Å². The van der Waals surface area contributed by atoms with Gasteiger partial charge in [-0.05, 0) is 69.1 Å². The lowest BCUT2D eigenvalue weighted by atomic mass is 9.65. The van der Waals surface area contributed by atoms with Gasteiger partial charge < -0.3 is 10.6 Å². The van der Waals surface area contributed by atoms with E-state index in [9.17, 15) is 4.79 Å². The molecule has 4 aliphatic rings. The van der Waals surface area contributed by atoms with Crippen LogP contribution >= 0.6 is 24.8 Å². The van der Waals surface area contributed by atoms with Crippen molar-refractivity contribution in [3.8, 4) is 0 Å². The minimum absolute atomic E-state index is 0. The number of nitrogens with two attached hydrogens (primary N) is 1. The summed E-state index contributed by atoms with van der Waals surface area (Å²) in [5.74, 6) is 2.83. The monoisotopic (exact) mass is 419 g/mol. The molecule has 1 aliphatic heterocycles. The van der Waals surface area contributed by atoms with Gasteiger partial charge in [-0.25, -0.2) is 0 Å². The van der Waals surface area contributed by atoms with Crippen molar-refractivity contribution in [1.29, 1.82) is 0 Å². The molecular weight excluding hydrogens is 381 g/mol. The zero-order valence-electron chi connectivity index (χ0n) is 16.9. The number of carbonyl (C=O) groups is 1. The topological polar surface area (TPSA) is 49.6 Å². The van der Waals surface area contributed by atoms with Crippen LogP contribution in [0.3, 0.4) is 0 Å². The van der Waals surface area contributed by atoms with Gasteiger partial charge in [-0.3, -0.25) is 9.69 Å². The molecule has 3 aliphatic carbocycles. The quantitative estimate of drug-likeness (QED) is 0.741. The summed E-state index contributed by atoms with van der Waals surface area (Å²) in [5, 5.41) is 0. The van der Waals surface area contributed by atoms with Crippen molar-refractivity contribution in [2.45, 2.75) is 76.8 Å². The molecule has 3 saturated carbocycles. The fraction of sp³-hybridized carbons (Fsp3) is 0.952. The van der Waals surface area contributed by atoms with Crippen molar-refractivity contribution in [1.82, 2.24) is 9.80 Å². The molecule has 6 heteroatoms. The number of hydrogen-bond donors (Lipinski definition) is 1. The Kier molecular flexibility index (Phi) is 8.73. The molecule has 2 bridgehead atoms. The molecule has 1 saturated heterocycles. The summed E-state index contributed by atoms with van der Waals surface area (Å²) in [6.07, 6.45) is 11.4. The number of carbonyl (C=O) groups excluding carboxylic acids is 1. The molecule has 1 amide bonds. The van der Waals surface area contributed by atoms with E-state index in [2.05, 4.69) is 16.7 Å². The number of rotatable bonds is 2. The van der Waals surface area contributed by atoms with Gasteiger partial charge in [0.1, 0.15) is 0 Å². The second-order valence-corrected chi connectivity index (χ2v) is 9.47. The van der Waals surface area contributed by atoms with Crippen molar-refractivity contribution in [3.05, 3.63) is 0 Å². The average Bonchev–Trinajstić information content (AvgIpc) is 2.62. The molecular formula is C21H39Cl2N3O. The van der Waals surface area contributed by atoms with Crippen molar-refractivity contribution < 1.29 is 4.79 Å². The van der Waals surface area contributed by atoms with E-state index < -0.39 is 0 Å². The van der Waals surface area contributed by atoms with E-state index in [-0.39, 0.29) is 30.7 Å². The van der Waals surface area contributed by atoms with Gasteiger partial charge in [0.05, 0.1) is 0 Å². The van der Waals surface area contributed by atoms with E-state index >= 15 is 0 Å². The molecule has 0 spiro atoms. The number of hydrogen-bond acceptors (Lipinski definition) is 3. The third-order valence-corrected chi connectivity index (χ3v) is 7.89. The summed E-state index contributed by atoms with van der Waals surface area (Å²) >= 11 is 0. The minimum Gasteiger partial charge on any atom is -0.340 e. The number of nitrogens with zero attached hydrogens (tertiary/aromatic N) is 2. The van der Waals surface area contributed by atoms with Gasteiger partial charge in [-0.1, -0.05) is 13.3 Å². The first kappa shape index (κ1) is 23.3. The van der Waals surface area contributed by atoms with Crippen LogP contribution in [0, 0.1) is 23.7 Å². The van der Waals surface area contributed by atoms with E-state index in [4.69, 9.17) is 5.73 Å². The Morgan fingerprint density at radius 3 is 1.96 bits per heavy atom. The molecule has 1 heterocycles. The van der Waals surface area contributed by atoms with Crippen LogP contribution < -0.4 is 5.73 Å². The lowest BCUT2D eigenvalue weighted by Gasteiger charge is -2.46. The molecule has 158 valence electrons. The molecule has 0 aromatic carbocycles. The minimum atomic E-state index is 0. The van der Waals surface area contributed by atoms with Crippen LogP contribution in [0.2, 0.25) is 0 Å². The van der Waals surface area contributed by atoms with Gasteiger partial charge >= 0.3 is 0 Å². The zero-order valence-corrected chi connectivity index (χ0v) is 18.5.